The lowest BCUT2D eigenvalue weighted by atomic mass is 9.73. The summed E-state index contributed by atoms with van der Waals surface area (Å²) in [7, 11) is 0. The first-order chi connectivity index (χ1) is 10.0. The van der Waals surface area contributed by atoms with Gasteiger partial charge in [-0.05, 0) is 23.1 Å². The lowest BCUT2D eigenvalue weighted by molar-refractivity contribution is 0.249. The molecule has 0 fully saturated rings. The first-order valence-corrected chi connectivity index (χ1v) is 7.87. The summed E-state index contributed by atoms with van der Waals surface area (Å²) in [6.45, 7) is 10.1. The number of benzene rings is 2. The van der Waals surface area contributed by atoms with Crippen molar-refractivity contribution in [3.05, 3.63) is 71.8 Å². The maximum atomic E-state index is 3.72. The first kappa shape index (κ1) is 15.8. The van der Waals surface area contributed by atoms with Crippen molar-refractivity contribution in [2.45, 2.75) is 39.7 Å². The lowest BCUT2D eigenvalue weighted by Gasteiger charge is -2.38. The molecule has 112 valence electrons. The highest BCUT2D eigenvalue weighted by atomic mass is 14.9. The van der Waals surface area contributed by atoms with E-state index in [2.05, 4.69) is 93.7 Å². The van der Waals surface area contributed by atoms with Gasteiger partial charge in [0.25, 0.3) is 0 Å². The van der Waals surface area contributed by atoms with Crippen LogP contribution in [-0.2, 0) is 0 Å². The predicted molar refractivity (Wildman–Crippen MR) is 91.6 cm³/mol. The molecule has 0 aliphatic carbocycles. The van der Waals surface area contributed by atoms with Crippen LogP contribution in [-0.4, -0.2) is 12.6 Å². The fourth-order valence-corrected chi connectivity index (χ4v) is 3.04. The number of likely N-dealkylation sites (N-methyl/N-ethyl adjacent to an activating group) is 1. The number of rotatable bonds is 5. The third-order valence-electron chi connectivity index (χ3n) is 4.01. The van der Waals surface area contributed by atoms with E-state index in [9.17, 15) is 0 Å². The molecule has 1 N–H and O–H groups in total. The van der Waals surface area contributed by atoms with Crippen LogP contribution in [0.15, 0.2) is 60.7 Å². The minimum absolute atomic E-state index is 0.187. The highest BCUT2D eigenvalue weighted by Gasteiger charge is 2.33. The highest BCUT2D eigenvalue weighted by molar-refractivity contribution is 5.35. The molecule has 0 bridgehead atoms. The molecule has 0 radical (unpaired) electrons. The van der Waals surface area contributed by atoms with Crippen LogP contribution in [0, 0.1) is 5.41 Å². The van der Waals surface area contributed by atoms with Gasteiger partial charge in [-0.3, -0.25) is 0 Å². The second-order valence-electron chi connectivity index (χ2n) is 6.70. The fourth-order valence-electron chi connectivity index (χ4n) is 3.04. The Kier molecular flexibility index (Phi) is 5.19. The van der Waals surface area contributed by atoms with Crippen LogP contribution in [0.5, 0.6) is 0 Å². The smallest absolute Gasteiger partial charge is 0.0248 e. The van der Waals surface area contributed by atoms with Gasteiger partial charge in [-0.1, -0.05) is 88.4 Å². The van der Waals surface area contributed by atoms with Crippen LogP contribution in [0.2, 0.25) is 0 Å². The molecule has 0 heterocycles. The van der Waals surface area contributed by atoms with Gasteiger partial charge in [0.15, 0.2) is 0 Å². The maximum Gasteiger partial charge on any atom is 0.0248 e. The summed E-state index contributed by atoms with van der Waals surface area (Å²) < 4.78 is 0. The molecule has 1 nitrogen and oxygen atoms in total. The monoisotopic (exact) mass is 281 g/mol. The van der Waals surface area contributed by atoms with Crippen LogP contribution in [0.1, 0.15) is 44.7 Å². The Morgan fingerprint density at radius 1 is 0.810 bits per heavy atom. The molecule has 0 aromatic heterocycles. The van der Waals surface area contributed by atoms with Crippen LogP contribution >= 0.6 is 0 Å². The van der Waals surface area contributed by atoms with Gasteiger partial charge >= 0.3 is 0 Å². The van der Waals surface area contributed by atoms with Gasteiger partial charge in [0.05, 0.1) is 0 Å². The molecule has 0 aliphatic heterocycles. The van der Waals surface area contributed by atoms with Gasteiger partial charge < -0.3 is 5.32 Å². The van der Waals surface area contributed by atoms with E-state index in [4.69, 9.17) is 0 Å². The Balaban J connectivity index is 2.50. The van der Waals surface area contributed by atoms with Crippen LogP contribution < -0.4 is 5.32 Å². The van der Waals surface area contributed by atoms with Crippen molar-refractivity contribution in [1.82, 2.24) is 5.32 Å². The second-order valence-corrected chi connectivity index (χ2v) is 6.70. The largest absolute Gasteiger partial charge is 0.313 e. The molecule has 1 atom stereocenters. The van der Waals surface area contributed by atoms with Crippen molar-refractivity contribution in [3.63, 3.8) is 0 Å². The predicted octanol–water partition coefficient (Wildman–Crippen LogP) is 4.84. The number of hydrogen-bond donors (Lipinski definition) is 1. The average Bonchev–Trinajstić information content (AvgIpc) is 2.48. The lowest BCUT2D eigenvalue weighted by Crippen LogP contribution is -2.45. The van der Waals surface area contributed by atoms with E-state index in [0.29, 0.717) is 12.0 Å². The van der Waals surface area contributed by atoms with Crippen molar-refractivity contribution in [2.75, 3.05) is 6.54 Å². The molecule has 0 saturated heterocycles. The van der Waals surface area contributed by atoms with E-state index < -0.39 is 0 Å². The summed E-state index contributed by atoms with van der Waals surface area (Å²) in [6, 6.07) is 22.1. The van der Waals surface area contributed by atoms with Gasteiger partial charge in [-0.2, -0.15) is 0 Å². The zero-order valence-corrected chi connectivity index (χ0v) is 13.6. The van der Waals surface area contributed by atoms with E-state index in [-0.39, 0.29) is 5.41 Å². The summed E-state index contributed by atoms with van der Waals surface area (Å²) in [5.41, 5.74) is 2.95. The molecule has 0 aliphatic rings. The van der Waals surface area contributed by atoms with E-state index >= 15 is 0 Å². The minimum atomic E-state index is 0.187. The third kappa shape index (κ3) is 3.95. The molecule has 1 unspecified atom stereocenters. The Bertz CT molecular complexity index is 485. The zero-order chi connectivity index (χ0) is 15.3. The Labute approximate surface area is 129 Å². The minimum Gasteiger partial charge on any atom is -0.313 e. The summed E-state index contributed by atoms with van der Waals surface area (Å²) in [4.78, 5) is 0. The fraction of sp³-hybridized carbons (Fsp3) is 0.400. The molecule has 0 spiro atoms. The van der Waals surface area contributed by atoms with E-state index in [0.717, 1.165) is 6.54 Å². The van der Waals surface area contributed by atoms with Gasteiger partial charge in [0, 0.05) is 12.0 Å². The van der Waals surface area contributed by atoms with Crippen LogP contribution in [0.25, 0.3) is 0 Å². The molecular formula is C20H27N. The topological polar surface area (TPSA) is 12.0 Å². The maximum absolute atomic E-state index is 3.72. The third-order valence-corrected chi connectivity index (χ3v) is 4.01. The molecule has 2 rings (SSSR count). The van der Waals surface area contributed by atoms with Crippen molar-refractivity contribution >= 4 is 0 Å². The Hall–Kier alpha value is -1.60. The molecule has 2 aromatic carbocycles. The molecule has 1 heteroatoms. The van der Waals surface area contributed by atoms with Crippen LogP contribution in [0.3, 0.4) is 0 Å². The Morgan fingerprint density at radius 2 is 1.24 bits per heavy atom. The number of hydrogen-bond acceptors (Lipinski definition) is 1. The van der Waals surface area contributed by atoms with Gasteiger partial charge in [-0.15, -0.1) is 0 Å². The summed E-state index contributed by atoms with van der Waals surface area (Å²) in [6.07, 6.45) is 0. The van der Waals surface area contributed by atoms with Crippen molar-refractivity contribution in [1.29, 1.82) is 0 Å². The molecule has 2 aromatic rings. The van der Waals surface area contributed by atoms with Crippen molar-refractivity contribution in [2.24, 2.45) is 5.41 Å². The van der Waals surface area contributed by atoms with Crippen molar-refractivity contribution < 1.29 is 0 Å². The average molecular weight is 281 g/mol. The highest BCUT2D eigenvalue weighted by Crippen LogP contribution is 2.36. The van der Waals surface area contributed by atoms with E-state index in [1.165, 1.54) is 11.1 Å². The van der Waals surface area contributed by atoms with E-state index in [1.807, 2.05) is 0 Å². The molecule has 0 amide bonds. The van der Waals surface area contributed by atoms with Crippen LogP contribution in [0.4, 0.5) is 0 Å². The normalized spacial score (nSPS) is 13.4. The van der Waals surface area contributed by atoms with Gasteiger partial charge in [0.1, 0.15) is 0 Å². The standard InChI is InChI=1S/C20H27N/c1-5-21-19(20(2,3)4)18(16-12-8-6-9-13-16)17-14-10-7-11-15-17/h6-15,18-19,21H,5H2,1-4H3. The molecular weight excluding hydrogens is 254 g/mol. The van der Waals surface area contributed by atoms with Gasteiger partial charge in [0.2, 0.25) is 0 Å². The molecule has 0 saturated carbocycles. The van der Waals surface area contributed by atoms with Crippen molar-refractivity contribution in [3.8, 4) is 0 Å². The second kappa shape index (κ2) is 6.91. The Morgan fingerprint density at radius 3 is 1.57 bits per heavy atom. The first-order valence-electron chi connectivity index (χ1n) is 7.87. The SMILES string of the molecule is CCNC(C(c1ccccc1)c1ccccc1)C(C)(C)C. The molecule has 21 heavy (non-hydrogen) atoms. The number of nitrogens with one attached hydrogen (secondary N) is 1. The van der Waals surface area contributed by atoms with E-state index in [1.54, 1.807) is 0 Å². The zero-order valence-electron chi connectivity index (χ0n) is 13.6. The van der Waals surface area contributed by atoms with Gasteiger partial charge in [-0.25, -0.2) is 0 Å². The quantitative estimate of drug-likeness (QED) is 0.826. The summed E-state index contributed by atoms with van der Waals surface area (Å²) >= 11 is 0. The summed E-state index contributed by atoms with van der Waals surface area (Å²) in [5.74, 6) is 0.368. The summed E-state index contributed by atoms with van der Waals surface area (Å²) in [5, 5.41) is 3.72.